The summed E-state index contributed by atoms with van der Waals surface area (Å²) in [6, 6.07) is 12.8. The van der Waals surface area contributed by atoms with Crippen LogP contribution < -0.4 is 5.73 Å². The normalized spacial score (nSPS) is 17.0. The van der Waals surface area contributed by atoms with Crippen molar-refractivity contribution in [2.24, 2.45) is 5.73 Å². The van der Waals surface area contributed by atoms with Gasteiger partial charge in [0.05, 0.1) is 11.5 Å². The van der Waals surface area contributed by atoms with Gasteiger partial charge in [-0.05, 0) is 35.1 Å². The van der Waals surface area contributed by atoms with E-state index in [0.29, 0.717) is 18.4 Å². The predicted octanol–water partition coefficient (Wildman–Crippen LogP) is 3.73. The van der Waals surface area contributed by atoms with Crippen molar-refractivity contribution in [2.45, 2.75) is 30.7 Å². The number of aliphatic carboxylic acids is 1. The van der Waals surface area contributed by atoms with E-state index in [1.54, 1.807) is 24.3 Å². The summed E-state index contributed by atoms with van der Waals surface area (Å²) in [4.78, 5) is 11.3. The summed E-state index contributed by atoms with van der Waals surface area (Å²) < 4.78 is 25.2. The van der Waals surface area contributed by atoms with Crippen molar-refractivity contribution in [2.75, 3.05) is 0 Å². The number of halogens is 2. The monoisotopic (exact) mass is 317 g/mol. The van der Waals surface area contributed by atoms with Crippen LogP contribution in [0.25, 0.3) is 11.1 Å². The predicted molar refractivity (Wildman–Crippen MR) is 83.4 cm³/mol. The van der Waals surface area contributed by atoms with Gasteiger partial charge in [-0.25, -0.2) is 8.78 Å². The molecule has 3 rings (SSSR count). The molecule has 0 spiro atoms. The summed E-state index contributed by atoms with van der Waals surface area (Å²) >= 11 is 0. The minimum atomic E-state index is -2.59. The molecule has 1 aliphatic rings. The molecule has 0 aliphatic heterocycles. The van der Waals surface area contributed by atoms with Crippen molar-refractivity contribution in [3.8, 4) is 11.1 Å². The number of hydrogen-bond acceptors (Lipinski definition) is 2. The van der Waals surface area contributed by atoms with E-state index in [0.717, 1.165) is 16.7 Å². The fourth-order valence-corrected chi connectivity index (χ4v) is 2.78. The zero-order chi connectivity index (χ0) is 16.6. The number of carboxylic acids is 1. The molecule has 3 N–H and O–H groups in total. The van der Waals surface area contributed by atoms with Crippen LogP contribution in [0.3, 0.4) is 0 Å². The highest BCUT2D eigenvalue weighted by Gasteiger charge is 2.51. The Hall–Kier alpha value is -2.27. The average molecular weight is 317 g/mol. The number of alkyl halides is 2. The van der Waals surface area contributed by atoms with Crippen molar-refractivity contribution in [1.82, 2.24) is 0 Å². The highest BCUT2D eigenvalue weighted by molar-refractivity contribution is 5.85. The fraction of sp³-hybridized carbons (Fsp3) is 0.278. The van der Waals surface area contributed by atoms with Crippen molar-refractivity contribution in [3.63, 3.8) is 0 Å². The van der Waals surface area contributed by atoms with Gasteiger partial charge in [0.2, 0.25) is 0 Å². The van der Waals surface area contributed by atoms with E-state index >= 15 is 0 Å². The van der Waals surface area contributed by atoms with Crippen molar-refractivity contribution >= 4 is 5.97 Å². The van der Waals surface area contributed by atoms with Gasteiger partial charge in [0, 0.05) is 0 Å². The largest absolute Gasteiger partial charge is 0.481 e. The lowest BCUT2D eigenvalue weighted by molar-refractivity contribution is -0.140. The molecule has 1 fully saturated rings. The van der Waals surface area contributed by atoms with Gasteiger partial charge in [0.15, 0.2) is 0 Å². The van der Waals surface area contributed by atoms with Gasteiger partial charge in [-0.3, -0.25) is 4.79 Å². The second-order valence-electron chi connectivity index (χ2n) is 5.95. The molecule has 0 amide bonds. The maximum absolute atomic E-state index is 12.6. The Kier molecular flexibility index (Phi) is 3.90. The molecular formula is C18H17F2NO2. The van der Waals surface area contributed by atoms with E-state index in [4.69, 9.17) is 5.73 Å². The second-order valence-corrected chi connectivity index (χ2v) is 5.95. The van der Waals surface area contributed by atoms with Crippen LogP contribution in [0.5, 0.6) is 0 Å². The molecule has 120 valence electrons. The number of carbonyl (C=O) groups is 1. The molecule has 1 saturated carbocycles. The van der Waals surface area contributed by atoms with Crippen molar-refractivity contribution in [1.29, 1.82) is 0 Å². The minimum absolute atomic E-state index is 0.392. The van der Waals surface area contributed by atoms with Crippen LogP contribution >= 0.6 is 0 Å². The Balaban J connectivity index is 1.81. The Morgan fingerprint density at radius 1 is 1.00 bits per heavy atom. The SMILES string of the molecule is NC(c1ccc(-c2ccc(C3(C(=O)O)CC3)cc2)cc1)C(F)F. The molecule has 2 aromatic rings. The van der Waals surface area contributed by atoms with Crippen LogP contribution in [-0.2, 0) is 10.2 Å². The standard InChI is InChI=1S/C18H17F2NO2/c19-16(20)15(21)13-3-1-11(2-4-13)12-5-7-14(8-6-12)18(9-10-18)17(22)23/h1-8,15-16H,9-10,21H2,(H,22,23). The molecule has 1 aliphatic carbocycles. The molecule has 23 heavy (non-hydrogen) atoms. The van der Waals surface area contributed by atoms with E-state index in [-0.39, 0.29) is 0 Å². The molecule has 0 radical (unpaired) electrons. The first-order chi connectivity index (χ1) is 10.9. The molecule has 0 aromatic heterocycles. The molecule has 0 bridgehead atoms. The third kappa shape index (κ3) is 2.84. The van der Waals surface area contributed by atoms with Crippen molar-refractivity contribution < 1.29 is 18.7 Å². The van der Waals surface area contributed by atoms with Gasteiger partial charge in [-0.1, -0.05) is 48.5 Å². The Labute approximate surface area is 132 Å². The molecule has 0 heterocycles. The fourth-order valence-electron chi connectivity index (χ4n) is 2.78. The van der Waals surface area contributed by atoms with Crippen LogP contribution in [0, 0.1) is 0 Å². The first-order valence-electron chi connectivity index (χ1n) is 7.42. The van der Waals surface area contributed by atoms with Gasteiger partial charge >= 0.3 is 5.97 Å². The van der Waals surface area contributed by atoms with Crippen LogP contribution in [0.4, 0.5) is 8.78 Å². The van der Waals surface area contributed by atoms with Crippen LogP contribution in [0.2, 0.25) is 0 Å². The number of hydrogen-bond donors (Lipinski definition) is 2. The molecule has 1 atom stereocenters. The maximum atomic E-state index is 12.6. The van der Waals surface area contributed by atoms with Crippen molar-refractivity contribution in [3.05, 3.63) is 59.7 Å². The highest BCUT2D eigenvalue weighted by Crippen LogP contribution is 2.48. The van der Waals surface area contributed by atoms with E-state index in [1.165, 1.54) is 0 Å². The Morgan fingerprint density at radius 3 is 1.87 bits per heavy atom. The zero-order valence-electron chi connectivity index (χ0n) is 12.4. The quantitative estimate of drug-likeness (QED) is 0.883. The summed E-state index contributed by atoms with van der Waals surface area (Å²) in [5.41, 5.74) is 7.70. The molecule has 1 unspecified atom stereocenters. The highest BCUT2D eigenvalue weighted by atomic mass is 19.3. The molecule has 3 nitrogen and oxygen atoms in total. The number of rotatable bonds is 5. The topological polar surface area (TPSA) is 63.3 Å². The molecule has 0 saturated heterocycles. The number of benzene rings is 2. The number of carboxylic acid groups (broad SMARTS) is 1. The van der Waals surface area contributed by atoms with Gasteiger partial charge in [-0.2, -0.15) is 0 Å². The maximum Gasteiger partial charge on any atom is 0.314 e. The van der Waals surface area contributed by atoms with E-state index in [1.807, 2.05) is 24.3 Å². The molecular weight excluding hydrogens is 300 g/mol. The third-order valence-corrected chi connectivity index (χ3v) is 4.50. The van der Waals surface area contributed by atoms with Crippen LogP contribution in [0.15, 0.2) is 48.5 Å². The van der Waals surface area contributed by atoms with E-state index in [9.17, 15) is 18.7 Å². The zero-order valence-corrected chi connectivity index (χ0v) is 12.4. The molecule has 5 heteroatoms. The smallest absolute Gasteiger partial charge is 0.314 e. The first-order valence-corrected chi connectivity index (χ1v) is 7.42. The lowest BCUT2D eigenvalue weighted by Crippen LogP contribution is -2.19. The van der Waals surface area contributed by atoms with Crippen LogP contribution in [0.1, 0.15) is 30.0 Å². The summed E-state index contributed by atoms with van der Waals surface area (Å²) in [5.74, 6) is -0.782. The van der Waals surface area contributed by atoms with Gasteiger partial charge < -0.3 is 10.8 Å². The second kappa shape index (κ2) is 5.74. The molecule has 2 aromatic carbocycles. The minimum Gasteiger partial charge on any atom is -0.481 e. The number of nitrogens with two attached hydrogens (primary N) is 1. The van der Waals surface area contributed by atoms with E-state index in [2.05, 4.69) is 0 Å². The van der Waals surface area contributed by atoms with Crippen LogP contribution in [-0.4, -0.2) is 17.5 Å². The summed E-state index contributed by atoms with van der Waals surface area (Å²) in [6.45, 7) is 0. The summed E-state index contributed by atoms with van der Waals surface area (Å²) in [7, 11) is 0. The first kappa shape index (κ1) is 15.6. The third-order valence-electron chi connectivity index (χ3n) is 4.50. The Morgan fingerprint density at radius 2 is 1.48 bits per heavy atom. The van der Waals surface area contributed by atoms with Gasteiger partial charge in [0.1, 0.15) is 0 Å². The van der Waals surface area contributed by atoms with Gasteiger partial charge in [0.25, 0.3) is 6.43 Å². The van der Waals surface area contributed by atoms with Gasteiger partial charge in [-0.15, -0.1) is 0 Å². The average Bonchev–Trinajstić information content (AvgIpc) is 3.36. The summed E-state index contributed by atoms with van der Waals surface area (Å²) in [5, 5.41) is 9.30. The summed E-state index contributed by atoms with van der Waals surface area (Å²) in [6.07, 6.45) is -1.25. The lowest BCUT2D eigenvalue weighted by atomic mass is 9.93. The lowest BCUT2D eigenvalue weighted by Gasteiger charge is -2.13. The van der Waals surface area contributed by atoms with E-state index < -0.39 is 23.9 Å². The Bertz CT molecular complexity index is 707.